The molecule has 0 spiro atoms. The number of aromatic hydroxyl groups is 2. The molecule has 790 valence electrons. The van der Waals surface area contributed by atoms with E-state index in [1.54, 1.807) is 128 Å². The summed E-state index contributed by atoms with van der Waals surface area (Å²) in [6, 6.07) is 15.8. The van der Waals surface area contributed by atoms with Gasteiger partial charge in [-0.2, -0.15) is 0 Å². The van der Waals surface area contributed by atoms with Crippen molar-refractivity contribution >= 4 is 129 Å². The number of H-pyrrole nitrogens is 1. The highest BCUT2D eigenvalue weighted by atomic mass is 32.2. The first-order valence-electron chi connectivity index (χ1n) is 48.3. The Morgan fingerprint density at radius 1 is 0.449 bits per heavy atom. The number of aryl methyl sites for hydroxylation is 2. The average molecular weight is 2050 g/mol. The predicted molar refractivity (Wildman–Crippen MR) is 548 cm³/mol. The van der Waals surface area contributed by atoms with Gasteiger partial charge < -0.3 is 138 Å². The molecule has 46 nitrogen and oxygen atoms in total. The van der Waals surface area contributed by atoms with E-state index in [1.807, 2.05) is 0 Å². The van der Waals surface area contributed by atoms with Crippen LogP contribution in [0.15, 0.2) is 165 Å². The van der Waals surface area contributed by atoms with Crippen LogP contribution in [-0.2, 0) is 136 Å². The molecule has 0 saturated carbocycles. The van der Waals surface area contributed by atoms with E-state index in [4.69, 9.17) is 33.8 Å². The number of carbonyl (C=O) groups is 16. The molecule has 1 aliphatic heterocycles. The molecule has 1 aliphatic rings. The molecule has 1 saturated heterocycles. The van der Waals surface area contributed by atoms with Crippen LogP contribution in [0.5, 0.6) is 11.5 Å². The van der Waals surface area contributed by atoms with Gasteiger partial charge in [0.1, 0.15) is 95.1 Å². The summed E-state index contributed by atoms with van der Waals surface area (Å²) in [4.78, 5) is 252. The van der Waals surface area contributed by atoms with Crippen LogP contribution in [0.2, 0.25) is 0 Å². The Labute approximate surface area is 854 Å². The highest BCUT2D eigenvalue weighted by Crippen LogP contribution is 2.24. The summed E-state index contributed by atoms with van der Waals surface area (Å²) >= 11 is 0.773. The van der Waals surface area contributed by atoms with Gasteiger partial charge in [-0.05, 0) is 143 Å². The predicted octanol–water partition coefficient (Wildman–Crippen LogP) is -2.30. The number of para-hydroxylation sites is 1. The zero-order chi connectivity index (χ0) is 107. The van der Waals surface area contributed by atoms with E-state index >= 15 is 57.5 Å². The number of nitrogens with one attached hydrogen (secondary N) is 20. The Morgan fingerprint density at radius 2 is 0.823 bits per heavy atom. The molecule has 8 aromatic rings. The summed E-state index contributed by atoms with van der Waals surface area (Å²) in [5.41, 5.74) is 22.4. The van der Waals surface area contributed by atoms with Crippen LogP contribution in [0.1, 0.15) is 132 Å². The minimum atomic E-state index is -2.01. The van der Waals surface area contributed by atoms with Gasteiger partial charge in [-0.3, -0.25) is 87.5 Å². The molecule has 0 unspecified atom stereocenters. The summed E-state index contributed by atoms with van der Waals surface area (Å²) in [5, 5.41) is 83.6. The summed E-state index contributed by atoms with van der Waals surface area (Å²) < 4.78 is 3.14. The number of primary amides is 1. The number of phenols is 2. The summed E-state index contributed by atoms with van der Waals surface area (Å²) in [6.07, 6.45) is 5.51. The van der Waals surface area contributed by atoms with E-state index in [9.17, 15) is 29.4 Å². The van der Waals surface area contributed by atoms with Crippen molar-refractivity contribution < 1.29 is 86.9 Å². The Bertz CT molecular complexity index is 5900. The largest absolute Gasteiger partial charge is 0.508 e. The first-order chi connectivity index (χ1) is 70.0. The second-order valence-electron chi connectivity index (χ2n) is 37.3. The maximum atomic E-state index is 15.8. The average Bonchev–Trinajstić information content (AvgIpc) is 1.69. The number of phenolic OH excluding ortho intramolecular Hbond substituents is 2. The number of unbranched alkanes of at least 4 members (excludes halogenated alkanes) is 1. The fourth-order valence-electron chi connectivity index (χ4n) is 16.1. The molecule has 16 amide bonds. The minimum absolute atomic E-state index is 0.00316. The number of hydrogen-bond donors (Lipinski definition) is 26. The third-order valence-electron chi connectivity index (χ3n) is 24.7. The second-order valence-corrected chi connectivity index (χ2v) is 38.3. The van der Waals surface area contributed by atoms with E-state index in [1.165, 1.54) is 101 Å². The fourth-order valence-corrected chi connectivity index (χ4v) is 16.9. The zero-order valence-electron chi connectivity index (χ0n) is 83.4. The van der Waals surface area contributed by atoms with Gasteiger partial charge in [-0.25, -0.2) is 9.97 Å². The highest BCUT2D eigenvalue weighted by molar-refractivity contribution is 8.00. The molecule has 147 heavy (non-hydrogen) atoms. The first-order valence-corrected chi connectivity index (χ1v) is 49.5. The molecule has 4 heterocycles. The number of rotatable bonds is 31. The second kappa shape index (κ2) is 55.8. The number of aromatic nitrogens is 5. The molecule has 0 aliphatic carbocycles. The smallest absolute Gasteiger partial charge is 0.245 e. The molecule has 5 aromatic carbocycles. The van der Waals surface area contributed by atoms with Gasteiger partial charge in [0.15, 0.2) is 11.9 Å². The number of nitrogens with zero attached hydrogens (tertiary/aromatic N) is 4. The Kier molecular flexibility index (Phi) is 43.5. The van der Waals surface area contributed by atoms with Crippen molar-refractivity contribution in [2.45, 2.75) is 221 Å². The maximum absolute atomic E-state index is 15.8. The van der Waals surface area contributed by atoms with Crippen molar-refractivity contribution in [2.24, 2.45) is 42.9 Å². The van der Waals surface area contributed by atoms with Gasteiger partial charge in [0, 0.05) is 119 Å². The lowest BCUT2D eigenvalue weighted by Gasteiger charge is -2.32. The number of imidazole rings is 2. The van der Waals surface area contributed by atoms with E-state index in [0.717, 1.165) is 11.8 Å². The molecule has 9 rings (SSSR count). The van der Waals surface area contributed by atoms with Gasteiger partial charge in [0.2, 0.25) is 94.5 Å². The van der Waals surface area contributed by atoms with Crippen molar-refractivity contribution in [3.8, 4) is 11.5 Å². The van der Waals surface area contributed by atoms with Crippen molar-refractivity contribution in [3.63, 3.8) is 0 Å². The molecule has 47 heteroatoms. The molecular weight excluding hydrogens is 1910 g/mol. The molecule has 3 aromatic heterocycles. The normalized spacial score (nSPS) is 21.9. The Balaban J connectivity index is 1.15. The molecule has 30 N–H and O–H groups in total. The summed E-state index contributed by atoms with van der Waals surface area (Å²) in [6.45, 7) is 8.06. The third-order valence-corrected chi connectivity index (χ3v) is 25.7. The number of fused-ring (bicyclic) bond motifs is 1. The van der Waals surface area contributed by atoms with Crippen molar-refractivity contribution in [1.29, 1.82) is 10.8 Å². The molecule has 0 bridgehead atoms. The zero-order valence-corrected chi connectivity index (χ0v) is 84.2. The molecule has 0 radical (unpaired) electrons. The van der Waals surface area contributed by atoms with Crippen LogP contribution < -0.4 is 113 Å². The van der Waals surface area contributed by atoms with Crippen LogP contribution in [0.25, 0.3) is 10.9 Å². The third kappa shape index (κ3) is 36.4. The van der Waals surface area contributed by atoms with Crippen molar-refractivity contribution in [2.75, 3.05) is 37.7 Å². The van der Waals surface area contributed by atoms with E-state index in [2.05, 4.69) is 105 Å². The number of amides is 16. The number of aromatic amines is 1. The summed E-state index contributed by atoms with van der Waals surface area (Å²) in [5.74, 6) is -18.4. The Morgan fingerprint density at radius 3 is 1.27 bits per heavy atom. The summed E-state index contributed by atoms with van der Waals surface area (Å²) in [7, 11) is 3.25. The molecular formula is C100H136N28O18S. The van der Waals surface area contributed by atoms with Crippen molar-refractivity contribution in [1.82, 2.24) is 114 Å². The number of guanidine groups is 2. The fraction of sp³-hybridized carbons (Fsp3) is 0.440. The van der Waals surface area contributed by atoms with E-state index in [-0.39, 0.29) is 121 Å². The van der Waals surface area contributed by atoms with Crippen LogP contribution >= 0.6 is 11.8 Å². The quantitative estimate of drug-likeness (QED) is 0.0123. The maximum Gasteiger partial charge on any atom is 0.245 e. The highest BCUT2D eigenvalue weighted by Gasteiger charge is 2.43. The monoisotopic (exact) mass is 2050 g/mol. The Hall–Kier alpha value is -16.0. The van der Waals surface area contributed by atoms with Crippen LogP contribution in [0.3, 0.4) is 0 Å². The van der Waals surface area contributed by atoms with Crippen LogP contribution in [0.4, 0.5) is 0 Å². The van der Waals surface area contributed by atoms with Crippen LogP contribution in [0, 0.1) is 16.7 Å². The van der Waals surface area contributed by atoms with E-state index in [0.29, 0.717) is 56.5 Å². The number of nitrogens with two attached hydrogens (primary N) is 4. The van der Waals surface area contributed by atoms with Gasteiger partial charge in [-0.15, -0.1) is 11.8 Å². The van der Waals surface area contributed by atoms with Gasteiger partial charge in [-0.1, -0.05) is 123 Å². The number of hydrogen-bond acceptors (Lipinski definition) is 24. The lowest BCUT2D eigenvalue weighted by atomic mass is 9.95. The number of thioether (sulfide) groups is 1. The molecule has 13 atom stereocenters. The van der Waals surface area contributed by atoms with Gasteiger partial charge in [0.25, 0.3) is 0 Å². The van der Waals surface area contributed by atoms with E-state index < -0.39 is 214 Å². The standard InChI is InChI=1S/C100H136N28O18S/c1-9-57(2)82-94(144)116-70(29-20-40-109-97(103)104)85(135)114-69(28-18-19-39-101)84(134)115-71(30-21-41-110-98(105)106)92(142)125-99(3,4)95(145)123-75(43-59-24-14-11-15-25-59)89(139)120-77(47-63-50-107-55-127(63)7)91(141)118-73(44-60-31-35-65(129)36-32-60)87(137)119-76(46-62-49-111-68-27-17-16-26-67(62)68)90(140)117-74(45-61-33-37-66(130)38-34-61)88(138)122-79(83(133)112-52-80(102)131)53-147-54-81(132)113-72(42-58-22-12-10-13-23-58)86(136)121-78(48-64-51-108-56-128(64)8)93(143)126-100(5,6)96(146)124-82/h10-17,22-27,31-38,49-51,55-57,69-79,82,111,129-130H,9,18-21,28-30,39-48,52-54,101H2,1-8H3,(H2,102,131)(H,112,133)(H,113,132)(H,114,135)(H,115,134)(H,116,144)(H,117,140)(H,118,141)(H,119,137)(H,120,139)(H,121,136)(H,122,138)(H,123,145)(H,124,146)(H,125,142)(H,126,143)(H4,103,104,109)(H4,105,106,110)/t57-,69-,70-,71-,72-,73-,74-,75-,76-,77-,78-,79-,82-/m0/s1. The van der Waals surface area contributed by atoms with Crippen molar-refractivity contribution in [3.05, 3.63) is 204 Å². The SMILES string of the molecule is CC[C@H](C)[C@@H]1NC(=O)C(C)(C)NC(=O)[C@H](Cc2cncn2C)NC(=O)[C@H](Cc2ccccc2)NC(=O)CSC[C@@H](C(=O)NCC(N)=O)NC(=O)[C@H](Cc2ccc(O)cc2)NC(=O)[C@H](Cc2c[nH]c3ccccc23)NC(=O)[C@H](Cc2ccc(O)cc2)NC(=O)[C@H](Cc2cncn2C)NC(=O)[C@H](Cc2ccccc2)NC(=O)C(C)(C)NC(=O)[C@H](CCCNC(=N)N)NC(=O)[C@H](CCCCN)NC(=O)[C@H](CCCNC(=N)N)NC1=O. The minimum Gasteiger partial charge on any atom is -0.508 e. The van der Waals surface area contributed by atoms with Gasteiger partial charge >= 0.3 is 0 Å². The van der Waals surface area contributed by atoms with Gasteiger partial charge in [0.05, 0.1) is 25.0 Å². The molecule has 1 fully saturated rings. The first kappa shape index (κ1) is 115. The lowest BCUT2D eigenvalue weighted by molar-refractivity contribution is -0.138. The topological polar surface area (TPSA) is 721 Å². The number of benzene rings is 5. The van der Waals surface area contributed by atoms with Crippen LogP contribution in [-0.4, -0.2) is 262 Å². The lowest BCUT2D eigenvalue weighted by Crippen LogP contribution is -2.64. The number of carbonyl (C=O) groups excluding carboxylic acids is 16.